The summed E-state index contributed by atoms with van der Waals surface area (Å²) in [4.78, 5) is 16.9. The Balaban J connectivity index is 1.65. The largest absolute Gasteiger partial charge is 0.361 e. The fourth-order valence-corrected chi connectivity index (χ4v) is 3.46. The van der Waals surface area contributed by atoms with E-state index in [0.717, 1.165) is 28.7 Å². The van der Waals surface area contributed by atoms with Crippen molar-refractivity contribution in [3.05, 3.63) is 48.0 Å². The number of hydrogen-bond acceptors (Lipinski definition) is 5. The Morgan fingerprint density at radius 2 is 2.26 bits per heavy atom. The molecule has 0 atom stereocenters. The predicted molar refractivity (Wildman–Crippen MR) is 87.6 cm³/mol. The summed E-state index contributed by atoms with van der Waals surface area (Å²) in [6, 6.07) is 9.23. The number of amides is 1. The van der Waals surface area contributed by atoms with Crippen molar-refractivity contribution in [2.45, 2.75) is 18.6 Å². The Morgan fingerprint density at radius 1 is 1.39 bits per heavy atom. The molecule has 7 heteroatoms. The number of thioether (sulfide) groups is 1. The van der Waals surface area contributed by atoms with Gasteiger partial charge in [-0.25, -0.2) is 4.98 Å². The van der Waals surface area contributed by atoms with Crippen LogP contribution in [0.5, 0.6) is 0 Å². The van der Waals surface area contributed by atoms with Gasteiger partial charge in [-0.2, -0.15) is 0 Å². The van der Waals surface area contributed by atoms with Crippen LogP contribution in [0.3, 0.4) is 0 Å². The van der Waals surface area contributed by atoms with Gasteiger partial charge >= 0.3 is 0 Å². The monoisotopic (exact) mass is 326 g/mol. The van der Waals surface area contributed by atoms with Gasteiger partial charge in [0.2, 0.25) is 0 Å². The first kappa shape index (κ1) is 14.1. The van der Waals surface area contributed by atoms with Crippen molar-refractivity contribution >= 4 is 23.4 Å². The highest BCUT2D eigenvalue weighted by Crippen LogP contribution is 2.32. The molecule has 0 saturated carbocycles. The summed E-state index contributed by atoms with van der Waals surface area (Å²) in [5.41, 5.74) is 2.73. The lowest BCUT2D eigenvalue weighted by Gasteiger charge is -2.08. The van der Waals surface area contributed by atoms with E-state index in [-0.39, 0.29) is 11.6 Å². The number of hydrogen-bond donors (Lipinski definition) is 1. The Morgan fingerprint density at radius 3 is 3.04 bits per heavy atom. The van der Waals surface area contributed by atoms with Gasteiger partial charge in [-0.15, -0.1) is 0 Å². The zero-order valence-corrected chi connectivity index (χ0v) is 13.3. The predicted octanol–water partition coefficient (Wildman–Crippen LogP) is 3.20. The minimum absolute atomic E-state index is 0.264. The van der Waals surface area contributed by atoms with E-state index in [4.69, 9.17) is 4.52 Å². The second-order valence-corrected chi connectivity index (χ2v) is 6.34. The third-order valence-electron chi connectivity index (χ3n) is 3.62. The number of nitrogens with one attached hydrogen (secondary N) is 1. The first-order chi connectivity index (χ1) is 11.2. The first-order valence-corrected chi connectivity index (χ1v) is 8.23. The maximum Gasteiger partial charge on any atom is 0.277 e. The van der Waals surface area contributed by atoms with E-state index in [9.17, 15) is 4.79 Å². The summed E-state index contributed by atoms with van der Waals surface area (Å²) in [7, 11) is 0. The van der Waals surface area contributed by atoms with Crippen molar-refractivity contribution in [2.24, 2.45) is 0 Å². The normalized spacial score (nSPS) is 13.1. The molecule has 6 nitrogen and oxygen atoms in total. The number of para-hydroxylation sites is 1. The Labute approximate surface area is 136 Å². The molecular formula is C16H14N4O2S. The second-order valence-electron chi connectivity index (χ2n) is 5.27. The van der Waals surface area contributed by atoms with Crippen LogP contribution < -0.4 is 5.32 Å². The van der Waals surface area contributed by atoms with E-state index in [1.54, 1.807) is 24.8 Å². The van der Waals surface area contributed by atoms with Gasteiger partial charge in [0, 0.05) is 30.1 Å². The molecule has 0 unspecified atom stereocenters. The minimum Gasteiger partial charge on any atom is -0.361 e. The number of carbonyl (C=O) groups excluding carboxylic acids is 1. The van der Waals surface area contributed by atoms with Crippen LogP contribution in [0.2, 0.25) is 0 Å². The van der Waals surface area contributed by atoms with Crippen molar-refractivity contribution in [3.8, 4) is 11.3 Å². The second kappa shape index (κ2) is 5.58. The Hall–Kier alpha value is -2.54. The number of nitrogens with zero attached hydrogens (tertiary/aromatic N) is 3. The quantitative estimate of drug-likeness (QED) is 0.800. The Kier molecular flexibility index (Phi) is 3.42. The molecule has 1 aliphatic heterocycles. The first-order valence-electron chi connectivity index (χ1n) is 7.25. The number of fused-ring (bicyclic) bond motifs is 1. The van der Waals surface area contributed by atoms with E-state index in [2.05, 4.69) is 20.0 Å². The van der Waals surface area contributed by atoms with Crippen LogP contribution in [0, 0.1) is 6.92 Å². The third-order valence-corrected chi connectivity index (χ3v) is 4.59. The number of anilines is 1. The number of imidazole rings is 1. The fraction of sp³-hybridized carbons (Fsp3) is 0.188. The molecule has 4 rings (SSSR count). The molecule has 2 aromatic heterocycles. The van der Waals surface area contributed by atoms with Crippen LogP contribution in [0.4, 0.5) is 5.69 Å². The topological polar surface area (TPSA) is 73.0 Å². The van der Waals surface area contributed by atoms with Crippen LogP contribution in [0.1, 0.15) is 16.2 Å². The molecule has 0 spiro atoms. The number of benzene rings is 1. The van der Waals surface area contributed by atoms with Gasteiger partial charge < -0.3 is 14.4 Å². The standard InChI is InChI=1S/C16H14N4O2S/c1-10-8-13(19-22-10)15(21)17-12-5-3-2-4-11(12)14-9-20-6-7-23-16(20)18-14/h2-5,8-9H,6-7H2,1H3,(H,17,21). The lowest BCUT2D eigenvalue weighted by atomic mass is 10.1. The molecule has 0 aliphatic carbocycles. The van der Waals surface area contributed by atoms with Gasteiger partial charge in [0.1, 0.15) is 5.76 Å². The summed E-state index contributed by atoms with van der Waals surface area (Å²) in [6.45, 7) is 2.72. The van der Waals surface area contributed by atoms with Crippen LogP contribution in [-0.4, -0.2) is 26.4 Å². The summed E-state index contributed by atoms with van der Waals surface area (Å²) in [5.74, 6) is 1.37. The molecule has 1 N–H and O–H groups in total. The maximum absolute atomic E-state index is 12.3. The smallest absolute Gasteiger partial charge is 0.277 e. The van der Waals surface area contributed by atoms with Gasteiger partial charge in [-0.3, -0.25) is 4.79 Å². The average Bonchev–Trinajstić information content (AvgIpc) is 3.23. The van der Waals surface area contributed by atoms with Crippen molar-refractivity contribution in [2.75, 3.05) is 11.1 Å². The van der Waals surface area contributed by atoms with Gasteiger partial charge in [0.15, 0.2) is 10.9 Å². The lowest BCUT2D eigenvalue weighted by molar-refractivity contribution is 0.101. The zero-order valence-electron chi connectivity index (χ0n) is 12.4. The van der Waals surface area contributed by atoms with Crippen molar-refractivity contribution in [1.29, 1.82) is 0 Å². The molecule has 116 valence electrons. The molecule has 1 aromatic carbocycles. The molecule has 1 aliphatic rings. The summed E-state index contributed by atoms with van der Waals surface area (Å²) >= 11 is 1.74. The van der Waals surface area contributed by atoms with Crippen molar-refractivity contribution in [1.82, 2.24) is 14.7 Å². The highest BCUT2D eigenvalue weighted by Gasteiger charge is 2.18. The van der Waals surface area contributed by atoms with Crippen LogP contribution in [0.25, 0.3) is 11.3 Å². The molecule has 0 fully saturated rings. The fourth-order valence-electron chi connectivity index (χ4n) is 2.51. The molecule has 0 saturated heterocycles. The van der Waals surface area contributed by atoms with Crippen LogP contribution >= 0.6 is 11.8 Å². The molecule has 23 heavy (non-hydrogen) atoms. The highest BCUT2D eigenvalue weighted by atomic mass is 32.2. The van der Waals surface area contributed by atoms with Crippen molar-refractivity contribution < 1.29 is 9.32 Å². The van der Waals surface area contributed by atoms with Gasteiger partial charge in [-0.05, 0) is 13.0 Å². The van der Waals surface area contributed by atoms with E-state index in [0.29, 0.717) is 11.4 Å². The van der Waals surface area contributed by atoms with E-state index < -0.39 is 0 Å². The lowest BCUT2D eigenvalue weighted by Crippen LogP contribution is -2.12. The SMILES string of the molecule is Cc1cc(C(=O)Nc2ccccc2-c2cn3c(n2)SCC3)no1. The number of aryl methyl sites for hydroxylation is 2. The van der Waals surface area contributed by atoms with E-state index >= 15 is 0 Å². The summed E-state index contributed by atoms with van der Waals surface area (Å²) in [5, 5.41) is 7.65. The zero-order chi connectivity index (χ0) is 15.8. The highest BCUT2D eigenvalue weighted by molar-refractivity contribution is 7.99. The molecule has 0 bridgehead atoms. The van der Waals surface area contributed by atoms with E-state index in [1.165, 1.54) is 0 Å². The van der Waals surface area contributed by atoms with E-state index in [1.807, 2.05) is 30.5 Å². The average molecular weight is 326 g/mol. The molecule has 1 amide bonds. The summed E-state index contributed by atoms with van der Waals surface area (Å²) in [6.07, 6.45) is 2.03. The molecule has 3 heterocycles. The van der Waals surface area contributed by atoms with Crippen LogP contribution in [-0.2, 0) is 6.54 Å². The van der Waals surface area contributed by atoms with Crippen LogP contribution in [0.15, 0.2) is 46.2 Å². The molecular weight excluding hydrogens is 312 g/mol. The molecule has 0 radical (unpaired) electrons. The van der Waals surface area contributed by atoms with Crippen molar-refractivity contribution in [3.63, 3.8) is 0 Å². The number of aromatic nitrogens is 3. The Bertz CT molecular complexity index is 862. The van der Waals surface area contributed by atoms with Gasteiger partial charge in [-0.1, -0.05) is 35.1 Å². The number of carbonyl (C=O) groups is 1. The maximum atomic E-state index is 12.3. The van der Waals surface area contributed by atoms with Gasteiger partial charge in [0.25, 0.3) is 5.91 Å². The van der Waals surface area contributed by atoms with Gasteiger partial charge in [0.05, 0.1) is 11.4 Å². The third kappa shape index (κ3) is 2.63. The molecule has 3 aromatic rings. The summed E-state index contributed by atoms with van der Waals surface area (Å²) < 4.78 is 7.09. The number of rotatable bonds is 3. The minimum atomic E-state index is -0.296.